The molecule has 0 amide bonds. The van der Waals surface area contributed by atoms with Gasteiger partial charge in [0.15, 0.2) is 0 Å². The van der Waals surface area contributed by atoms with Crippen molar-refractivity contribution in [2.45, 2.75) is 37.9 Å². The van der Waals surface area contributed by atoms with Gasteiger partial charge in [-0.05, 0) is 19.4 Å². The minimum atomic E-state index is -0.299. The third kappa shape index (κ3) is 2.82. The fourth-order valence-corrected chi connectivity index (χ4v) is 2.59. The van der Waals surface area contributed by atoms with Crippen LogP contribution in [0.25, 0.3) is 0 Å². The maximum absolute atomic E-state index is 11.0. The van der Waals surface area contributed by atoms with Gasteiger partial charge in [0.1, 0.15) is 0 Å². The highest BCUT2D eigenvalue weighted by atomic mass is 79.9. The zero-order valence-electron chi connectivity index (χ0n) is 9.74. The summed E-state index contributed by atoms with van der Waals surface area (Å²) in [5.41, 5.74) is 2.12. The third-order valence-electron chi connectivity index (χ3n) is 2.77. The second-order valence-corrected chi connectivity index (χ2v) is 5.46. The van der Waals surface area contributed by atoms with Crippen molar-refractivity contribution in [1.29, 1.82) is 0 Å². The number of rotatable bonds is 4. The number of halogens is 1. The molecule has 0 aromatic heterocycles. The number of hydrogen-bond donors (Lipinski definition) is 0. The van der Waals surface area contributed by atoms with Crippen molar-refractivity contribution < 1.29 is 4.92 Å². The normalized spacial score (nSPS) is 14.5. The van der Waals surface area contributed by atoms with Crippen LogP contribution < -0.4 is 0 Å². The van der Waals surface area contributed by atoms with Gasteiger partial charge in [0.05, 0.1) is 4.92 Å². The summed E-state index contributed by atoms with van der Waals surface area (Å²) in [4.78, 5) is 10.9. The van der Waals surface area contributed by atoms with E-state index in [0.717, 1.165) is 17.5 Å². The van der Waals surface area contributed by atoms with Crippen LogP contribution in [-0.4, -0.2) is 9.75 Å². The van der Waals surface area contributed by atoms with Crippen molar-refractivity contribution in [3.63, 3.8) is 0 Å². The standard InChI is InChI=1S/C12H16BrNO2/c1-4-10(9(3)13)11-7-8(2)5-6-12(11)14(15)16/h5-7,9-10H,4H2,1-3H3. The van der Waals surface area contributed by atoms with Gasteiger partial charge in [-0.2, -0.15) is 0 Å². The molecule has 0 N–H and O–H groups in total. The number of hydrogen-bond acceptors (Lipinski definition) is 2. The molecule has 0 radical (unpaired) electrons. The Labute approximate surface area is 104 Å². The van der Waals surface area contributed by atoms with Crippen LogP contribution in [0.3, 0.4) is 0 Å². The molecule has 1 rings (SSSR count). The molecule has 1 aromatic carbocycles. The molecule has 3 nitrogen and oxygen atoms in total. The minimum absolute atomic E-state index is 0.181. The summed E-state index contributed by atoms with van der Waals surface area (Å²) in [6, 6.07) is 5.31. The Bertz CT molecular complexity index is 391. The van der Waals surface area contributed by atoms with E-state index in [4.69, 9.17) is 0 Å². The van der Waals surface area contributed by atoms with Gasteiger partial charge < -0.3 is 0 Å². The Morgan fingerprint density at radius 2 is 2.12 bits per heavy atom. The van der Waals surface area contributed by atoms with Gasteiger partial charge in [-0.25, -0.2) is 0 Å². The lowest BCUT2D eigenvalue weighted by atomic mass is 9.91. The van der Waals surface area contributed by atoms with Gasteiger partial charge in [0.2, 0.25) is 0 Å². The molecule has 88 valence electrons. The summed E-state index contributed by atoms with van der Waals surface area (Å²) >= 11 is 3.52. The van der Waals surface area contributed by atoms with Gasteiger partial charge in [0.25, 0.3) is 5.69 Å². The highest BCUT2D eigenvalue weighted by Crippen LogP contribution is 2.34. The van der Waals surface area contributed by atoms with E-state index in [1.165, 1.54) is 0 Å². The second kappa shape index (κ2) is 5.43. The summed E-state index contributed by atoms with van der Waals surface area (Å²) in [7, 11) is 0. The number of nitro groups is 1. The molecule has 4 heteroatoms. The molecule has 0 bridgehead atoms. The van der Waals surface area contributed by atoms with E-state index in [2.05, 4.69) is 22.9 Å². The molecule has 0 spiro atoms. The Hall–Kier alpha value is -0.900. The quantitative estimate of drug-likeness (QED) is 0.473. The SMILES string of the molecule is CCC(c1cc(C)ccc1[N+](=O)[O-])C(C)Br. The van der Waals surface area contributed by atoms with E-state index in [9.17, 15) is 10.1 Å². The van der Waals surface area contributed by atoms with Crippen LogP contribution in [0.4, 0.5) is 5.69 Å². The van der Waals surface area contributed by atoms with Crippen LogP contribution in [0.15, 0.2) is 18.2 Å². The summed E-state index contributed by atoms with van der Waals surface area (Å²) in [5.74, 6) is 0.181. The molecule has 0 saturated carbocycles. The van der Waals surface area contributed by atoms with Crippen molar-refractivity contribution in [1.82, 2.24) is 0 Å². The first-order chi connectivity index (χ1) is 7.47. The Balaban J connectivity index is 3.27. The number of nitro benzene ring substituents is 1. The minimum Gasteiger partial charge on any atom is -0.258 e. The van der Waals surface area contributed by atoms with Crippen molar-refractivity contribution in [3.8, 4) is 0 Å². The molecule has 0 heterocycles. The first-order valence-electron chi connectivity index (χ1n) is 5.36. The maximum atomic E-state index is 11.0. The summed E-state index contributed by atoms with van der Waals surface area (Å²) in [6.45, 7) is 6.04. The predicted octanol–water partition coefficient (Wildman–Crippen LogP) is 4.18. The highest BCUT2D eigenvalue weighted by molar-refractivity contribution is 9.09. The highest BCUT2D eigenvalue weighted by Gasteiger charge is 2.23. The Kier molecular flexibility index (Phi) is 4.47. The molecule has 16 heavy (non-hydrogen) atoms. The van der Waals surface area contributed by atoms with Crippen molar-refractivity contribution in [2.24, 2.45) is 0 Å². The van der Waals surface area contributed by atoms with E-state index in [1.807, 2.05) is 19.9 Å². The lowest BCUT2D eigenvalue weighted by molar-refractivity contribution is -0.385. The monoisotopic (exact) mass is 285 g/mol. The van der Waals surface area contributed by atoms with Crippen molar-refractivity contribution in [2.75, 3.05) is 0 Å². The van der Waals surface area contributed by atoms with Gasteiger partial charge >= 0.3 is 0 Å². The molecule has 1 aromatic rings. The number of benzene rings is 1. The zero-order chi connectivity index (χ0) is 12.3. The fraction of sp³-hybridized carbons (Fsp3) is 0.500. The van der Waals surface area contributed by atoms with E-state index in [-0.39, 0.29) is 21.4 Å². The van der Waals surface area contributed by atoms with Crippen molar-refractivity contribution in [3.05, 3.63) is 39.4 Å². The van der Waals surface area contributed by atoms with Crippen molar-refractivity contribution >= 4 is 21.6 Å². The molecule has 0 aliphatic carbocycles. The zero-order valence-corrected chi connectivity index (χ0v) is 11.3. The van der Waals surface area contributed by atoms with E-state index in [1.54, 1.807) is 12.1 Å². The summed E-state index contributed by atoms with van der Waals surface area (Å²) in [6.07, 6.45) is 0.886. The summed E-state index contributed by atoms with van der Waals surface area (Å²) < 4.78 is 0. The van der Waals surface area contributed by atoms with Gasteiger partial charge in [0, 0.05) is 22.4 Å². The average Bonchev–Trinajstić information content (AvgIpc) is 2.17. The predicted molar refractivity (Wildman–Crippen MR) is 69.3 cm³/mol. The maximum Gasteiger partial charge on any atom is 0.272 e. The van der Waals surface area contributed by atoms with Crippen LogP contribution in [0.2, 0.25) is 0 Å². The first-order valence-corrected chi connectivity index (χ1v) is 6.28. The van der Waals surface area contributed by atoms with Crippen LogP contribution in [0.1, 0.15) is 37.3 Å². The number of alkyl halides is 1. The van der Waals surface area contributed by atoms with Gasteiger partial charge in [-0.1, -0.05) is 41.4 Å². The molecule has 0 saturated heterocycles. The molecular weight excluding hydrogens is 270 g/mol. The smallest absolute Gasteiger partial charge is 0.258 e. The second-order valence-electron chi connectivity index (χ2n) is 4.01. The van der Waals surface area contributed by atoms with Crippen LogP contribution in [0, 0.1) is 17.0 Å². The molecule has 0 aliphatic rings. The van der Waals surface area contributed by atoms with E-state index < -0.39 is 0 Å². The molecule has 0 fully saturated rings. The van der Waals surface area contributed by atoms with E-state index >= 15 is 0 Å². The number of aryl methyl sites for hydroxylation is 1. The lowest BCUT2D eigenvalue weighted by Crippen LogP contribution is -2.10. The lowest BCUT2D eigenvalue weighted by Gasteiger charge is -2.18. The summed E-state index contributed by atoms with van der Waals surface area (Å²) in [5, 5.41) is 11.0. The molecule has 0 aliphatic heterocycles. The largest absolute Gasteiger partial charge is 0.272 e. The van der Waals surface area contributed by atoms with Crippen LogP contribution in [0.5, 0.6) is 0 Å². The number of nitrogens with zero attached hydrogens (tertiary/aromatic N) is 1. The Morgan fingerprint density at radius 1 is 1.50 bits per heavy atom. The average molecular weight is 286 g/mol. The molecule has 2 unspecified atom stereocenters. The third-order valence-corrected chi connectivity index (χ3v) is 3.41. The molecule has 2 atom stereocenters. The Morgan fingerprint density at radius 3 is 2.56 bits per heavy atom. The molecular formula is C12H16BrNO2. The van der Waals surface area contributed by atoms with Crippen LogP contribution in [-0.2, 0) is 0 Å². The van der Waals surface area contributed by atoms with Crippen LogP contribution >= 0.6 is 15.9 Å². The topological polar surface area (TPSA) is 43.1 Å². The first kappa shape index (κ1) is 13.2. The van der Waals surface area contributed by atoms with Gasteiger partial charge in [-0.15, -0.1) is 0 Å². The van der Waals surface area contributed by atoms with Gasteiger partial charge in [-0.3, -0.25) is 10.1 Å². The van der Waals surface area contributed by atoms with E-state index in [0.29, 0.717) is 0 Å². The fourth-order valence-electron chi connectivity index (χ4n) is 1.93.